The second-order valence-electron chi connectivity index (χ2n) is 3.81. The molecule has 0 bridgehead atoms. The van der Waals surface area contributed by atoms with Crippen LogP contribution in [0.1, 0.15) is 24.0 Å². The maximum Gasteiger partial charge on any atom is 0.389 e. The van der Waals surface area contributed by atoms with Gasteiger partial charge in [-0.2, -0.15) is 18.4 Å². The highest BCUT2D eigenvalue weighted by atomic mass is 19.4. The lowest BCUT2D eigenvalue weighted by molar-refractivity contribution is -0.134. The molecule has 1 rings (SSSR count). The summed E-state index contributed by atoms with van der Waals surface area (Å²) in [5.41, 5.74) is 2.00. The van der Waals surface area contributed by atoms with Crippen molar-refractivity contribution >= 4 is 5.69 Å². The van der Waals surface area contributed by atoms with Crippen molar-refractivity contribution in [2.45, 2.75) is 25.9 Å². The van der Waals surface area contributed by atoms with Crippen molar-refractivity contribution in [2.75, 3.05) is 11.9 Å². The first-order valence-electron chi connectivity index (χ1n) is 5.24. The molecule has 0 unspecified atom stereocenters. The Hall–Kier alpha value is -1.70. The summed E-state index contributed by atoms with van der Waals surface area (Å²) in [5, 5.41) is 11.7. The number of aryl methyl sites for hydroxylation is 1. The molecule has 2 nitrogen and oxygen atoms in total. The first kappa shape index (κ1) is 13.4. The predicted octanol–water partition coefficient (Wildman–Crippen LogP) is 3.62. The van der Waals surface area contributed by atoms with Crippen molar-refractivity contribution in [1.29, 1.82) is 5.26 Å². The normalized spacial score (nSPS) is 11.0. The van der Waals surface area contributed by atoms with Crippen molar-refractivity contribution < 1.29 is 13.2 Å². The molecule has 0 saturated carbocycles. The van der Waals surface area contributed by atoms with Gasteiger partial charge in [0.25, 0.3) is 0 Å². The van der Waals surface area contributed by atoms with Crippen LogP contribution in [0.15, 0.2) is 18.2 Å². The largest absolute Gasteiger partial charge is 0.389 e. The Morgan fingerprint density at radius 2 is 2.06 bits per heavy atom. The third kappa shape index (κ3) is 4.77. The summed E-state index contributed by atoms with van der Waals surface area (Å²) in [6.07, 6.45) is -4.93. The van der Waals surface area contributed by atoms with E-state index in [2.05, 4.69) is 5.32 Å². The third-order valence-corrected chi connectivity index (χ3v) is 2.25. The number of alkyl halides is 3. The minimum absolute atomic E-state index is 0.00229. The van der Waals surface area contributed by atoms with Gasteiger partial charge in [0.1, 0.15) is 6.07 Å². The summed E-state index contributed by atoms with van der Waals surface area (Å²) in [4.78, 5) is 0. The highest BCUT2D eigenvalue weighted by molar-refractivity contribution is 5.58. The zero-order valence-electron chi connectivity index (χ0n) is 9.43. The van der Waals surface area contributed by atoms with E-state index < -0.39 is 12.6 Å². The molecule has 0 fully saturated rings. The highest BCUT2D eigenvalue weighted by Crippen LogP contribution is 2.22. The Bertz CT molecular complexity index is 419. The van der Waals surface area contributed by atoms with Crippen LogP contribution in [0.5, 0.6) is 0 Å². The summed E-state index contributed by atoms with van der Waals surface area (Å²) in [5.74, 6) is 0. The maximum atomic E-state index is 11.9. The molecule has 0 aromatic heterocycles. The number of anilines is 1. The highest BCUT2D eigenvalue weighted by Gasteiger charge is 2.25. The van der Waals surface area contributed by atoms with Crippen molar-refractivity contribution in [1.82, 2.24) is 0 Å². The number of nitrogens with zero attached hydrogens (tertiary/aromatic N) is 1. The fraction of sp³-hybridized carbons (Fsp3) is 0.417. The van der Waals surface area contributed by atoms with Gasteiger partial charge in [0, 0.05) is 13.0 Å². The Kier molecular flexibility index (Phi) is 4.38. The molecule has 0 aliphatic heterocycles. The van der Waals surface area contributed by atoms with E-state index in [1.54, 1.807) is 18.2 Å². The lowest BCUT2D eigenvalue weighted by Crippen LogP contribution is -2.11. The van der Waals surface area contributed by atoms with Gasteiger partial charge in [-0.3, -0.25) is 0 Å². The number of nitriles is 1. The Morgan fingerprint density at radius 1 is 1.35 bits per heavy atom. The van der Waals surface area contributed by atoms with E-state index in [1.165, 1.54) is 0 Å². The number of halogens is 3. The van der Waals surface area contributed by atoms with Crippen LogP contribution in [-0.4, -0.2) is 12.7 Å². The molecule has 0 heterocycles. The molecular weight excluding hydrogens is 229 g/mol. The molecule has 0 aliphatic carbocycles. The van der Waals surface area contributed by atoms with Gasteiger partial charge >= 0.3 is 6.18 Å². The first-order valence-corrected chi connectivity index (χ1v) is 5.24. The number of hydrogen-bond donors (Lipinski definition) is 1. The smallest absolute Gasteiger partial charge is 0.384 e. The zero-order chi connectivity index (χ0) is 12.9. The topological polar surface area (TPSA) is 35.8 Å². The number of nitrogens with one attached hydrogen (secondary N) is 1. The summed E-state index contributed by atoms with van der Waals surface area (Å²) in [7, 11) is 0. The van der Waals surface area contributed by atoms with Crippen LogP contribution in [0.3, 0.4) is 0 Å². The third-order valence-electron chi connectivity index (χ3n) is 2.25. The molecular formula is C12H13F3N2. The fourth-order valence-electron chi connectivity index (χ4n) is 1.41. The SMILES string of the molecule is Cc1ccc(C#N)c(NCCCC(F)(F)F)c1. The molecule has 0 amide bonds. The van der Waals surface area contributed by atoms with Gasteiger partial charge in [-0.25, -0.2) is 0 Å². The predicted molar refractivity (Wildman–Crippen MR) is 59.7 cm³/mol. The Balaban J connectivity index is 2.52. The molecule has 1 N–H and O–H groups in total. The van der Waals surface area contributed by atoms with Crippen LogP contribution < -0.4 is 5.32 Å². The number of hydrogen-bond acceptors (Lipinski definition) is 2. The average molecular weight is 242 g/mol. The van der Waals surface area contributed by atoms with Gasteiger partial charge in [-0.05, 0) is 31.0 Å². The van der Waals surface area contributed by atoms with E-state index in [9.17, 15) is 13.2 Å². The van der Waals surface area contributed by atoms with Gasteiger partial charge in [0.15, 0.2) is 0 Å². The van der Waals surface area contributed by atoms with Crippen LogP contribution in [0, 0.1) is 18.3 Å². The lowest BCUT2D eigenvalue weighted by atomic mass is 10.1. The van der Waals surface area contributed by atoms with Gasteiger partial charge in [-0.1, -0.05) is 6.07 Å². The van der Waals surface area contributed by atoms with Crippen LogP contribution >= 0.6 is 0 Å². The summed E-state index contributed by atoms with van der Waals surface area (Å²) < 4.78 is 35.7. The maximum absolute atomic E-state index is 11.9. The van der Waals surface area contributed by atoms with E-state index in [1.807, 2.05) is 13.0 Å². The summed E-state index contributed by atoms with van der Waals surface area (Å²) >= 11 is 0. The number of benzene rings is 1. The fourth-order valence-corrected chi connectivity index (χ4v) is 1.41. The molecule has 5 heteroatoms. The van der Waals surface area contributed by atoms with Crippen molar-refractivity contribution in [2.24, 2.45) is 0 Å². The van der Waals surface area contributed by atoms with Crippen molar-refractivity contribution in [3.05, 3.63) is 29.3 Å². The van der Waals surface area contributed by atoms with E-state index in [-0.39, 0.29) is 13.0 Å². The van der Waals surface area contributed by atoms with Crippen LogP contribution in [0.2, 0.25) is 0 Å². The second kappa shape index (κ2) is 5.58. The van der Waals surface area contributed by atoms with E-state index in [4.69, 9.17) is 5.26 Å². The molecule has 0 atom stereocenters. The monoisotopic (exact) mass is 242 g/mol. The molecule has 0 spiro atoms. The first-order chi connectivity index (χ1) is 7.92. The second-order valence-corrected chi connectivity index (χ2v) is 3.81. The Labute approximate surface area is 98.1 Å². The van der Waals surface area contributed by atoms with Crippen molar-refractivity contribution in [3.63, 3.8) is 0 Å². The average Bonchev–Trinajstić information content (AvgIpc) is 2.23. The minimum Gasteiger partial charge on any atom is -0.384 e. The standard InChI is InChI=1S/C12H13F3N2/c1-9-3-4-10(8-16)11(7-9)17-6-2-5-12(13,14)15/h3-4,7,17H,2,5-6H2,1H3. The molecule has 1 aromatic rings. The van der Waals surface area contributed by atoms with Crippen LogP contribution in [-0.2, 0) is 0 Å². The minimum atomic E-state index is -4.12. The quantitative estimate of drug-likeness (QED) is 0.818. The zero-order valence-corrected chi connectivity index (χ0v) is 9.43. The van der Waals surface area contributed by atoms with Crippen LogP contribution in [0.25, 0.3) is 0 Å². The molecule has 92 valence electrons. The molecule has 0 aliphatic rings. The summed E-state index contributed by atoms with van der Waals surface area (Å²) in [6.45, 7) is 2.07. The number of rotatable bonds is 4. The lowest BCUT2D eigenvalue weighted by Gasteiger charge is -2.10. The summed E-state index contributed by atoms with van der Waals surface area (Å²) in [6, 6.07) is 7.20. The van der Waals surface area contributed by atoms with Gasteiger partial charge in [0.05, 0.1) is 11.3 Å². The van der Waals surface area contributed by atoms with Gasteiger partial charge in [-0.15, -0.1) is 0 Å². The molecule has 0 saturated heterocycles. The Morgan fingerprint density at radius 3 is 2.65 bits per heavy atom. The molecule has 0 radical (unpaired) electrons. The van der Waals surface area contributed by atoms with Crippen LogP contribution in [0.4, 0.5) is 18.9 Å². The van der Waals surface area contributed by atoms with Crippen molar-refractivity contribution in [3.8, 4) is 6.07 Å². The van der Waals surface area contributed by atoms with Gasteiger partial charge < -0.3 is 5.32 Å². The van der Waals surface area contributed by atoms with Gasteiger partial charge in [0.2, 0.25) is 0 Å². The van der Waals surface area contributed by atoms with E-state index >= 15 is 0 Å². The van der Waals surface area contributed by atoms with E-state index in [0.29, 0.717) is 11.3 Å². The van der Waals surface area contributed by atoms with E-state index in [0.717, 1.165) is 5.56 Å². The molecule has 17 heavy (non-hydrogen) atoms. The molecule has 1 aromatic carbocycles.